The van der Waals surface area contributed by atoms with Crippen molar-refractivity contribution in [3.05, 3.63) is 86.7 Å². The summed E-state index contributed by atoms with van der Waals surface area (Å²) in [7, 11) is 0. The molecule has 2 aromatic carbocycles. The van der Waals surface area contributed by atoms with E-state index >= 15 is 0 Å². The van der Waals surface area contributed by atoms with Crippen molar-refractivity contribution >= 4 is 28.8 Å². The molecular formula is C30H36N2O10. The second-order valence-electron chi connectivity index (χ2n) is 9.47. The number of nitrogens with one attached hydrogen (secondary N) is 2. The molecule has 0 aliphatic heterocycles. The summed E-state index contributed by atoms with van der Waals surface area (Å²) in [6.45, 7) is 4.05. The molecule has 1 atom stereocenters. The molecule has 226 valence electrons. The Morgan fingerprint density at radius 3 is 1.93 bits per heavy atom. The number of phenols is 1. The Morgan fingerprint density at radius 2 is 1.48 bits per heavy atom. The Labute approximate surface area is 241 Å². The van der Waals surface area contributed by atoms with Crippen LogP contribution < -0.4 is 10.9 Å². The zero-order valence-electron chi connectivity index (χ0n) is 23.3. The number of fused-ring (bicyclic) bond motifs is 2. The van der Waals surface area contributed by atoms with Crippen molar-refractivity contribution in [3.63, 3.8) is 0 Å². The van der Waals surface area contributed by atoms with Gasteiger partial charge in [0.1, 0.15) is 12.4 Å². The largest absolute Gasteiger partial charge is 0.506 e. The molecule has 1 aliphatic rings. The standard InChI is InChI=1S/C24H28N2O3.C4H4O4.C2H4O3/c1-3-14-9-16-11-18(12-17(16)10-15(14)4-2)25-13-22(28)19-5-7-21(27)24-20(19)6-8-23(29)26-24;5-3(6)1-2-4(7)8;3-1-2(4)5/h5-10,18,22,25,27-28H,3-4,11-13H2,1-2H3,(H,26,29);1-2H,(H,5,6)(H,7,8);3H,1H2,(H,4,5)/t22-;;/m0../s1. The van der Waals surface area contributed by atoms with Crippen LogP contribution in [-0.2, 0) is 40.1 Å². The Bertz CT molecular complexity index is 1450. The molecule has 0 radical (unpaired) electrons. The zero-order chi connectivity index (χ0) is 31.4. The first-order chi connectivity index (χ1) is 19.9. The van der Waals surface area contributed by atoms with Gasteiger partial charge < -0.3 is 40.9 Å². The number of aliphatic carboxylic acids is 3. The van der Waals surface area contributed by atoms with Crippen molar-refractivity contribution in [1.29, 1.82) is 0 Å². The SMILES string of the molecule is CCc1cc2c(cc1CC)CC(NC[C@H](O)c1ccc(O)c3[nH]c(=O)ccc13)C2.O=C(O)C=CC(=O)O.O=C(O)CO. The molecule has 0 unspecified atom stereocenters. The van der Waals surface area contributed by atoms with E-state index in [-0.39, 0.29) is 11.3 Å². The third-order valence-corrected chi connectivity index (χ3v) is 6.59. The molecule has 1 heterocycles. The van der Waals surface area contributed by atoms with Gasteiger partial charge in [-0.3, -0.25) is 4.79 Å². The molecule has 4 rings (SSSR count). The summed E-state index contributed by atoms with van der Waals surface area (Å²) in [4.78, 5) is 42.4. The molecule has 1 aromatic heterocycles. The Balaban J connectivity index is 0.000000398. The van der Waals surface area contributed by atoms with E-state index in [0.29, 0.717) is 41.2 Å². The van der Waals surface area contributed by atoms with Crippen LogP contribution in [0.25, 0.3) is 10.9 Å². The number of aryl methyl sites for hydroxylation is 2. The van der Waals surface area contributed by atoms with Crippen molar-refractivity contribution in [2.75, 3.05) is 13.2 Å². The van der Waals surface area contributed by atoms with Gasteiger partial charge in [-0.2, -0.15) is 0 Å². The lowest BCUT2D eigenvalue weighted by Gasteiger charge is -2.18. The number of aliphatic hydroxyl groups excluding tert-OH is 2. The normalized spacial score (nSPS) is 13.0. The molecule has 0 saturated heterocycles. The molecule has 0 bridgehead atoms. The lowest BCUT2D eigenvalue weighted by molar-refractivity contribution is -0.140. The van der Waals surface area contributed by atoms with Gasteiger partial charge in [0, 0.05) is 36.2 Å². The molecule has 12 heteroatoms. The van der Waals surface area contributed by atoms with Crippen LogP contribution in [0.3, 0.4) is 0 Å². The van der Waals surface area contributed by atoms with Crippen LogP contribution >= 0.6 is 0 Å². The molecule has 0 spiro atoms. The Morgan fingerprint density at radius 1 is 0.952 bits per heavy atom. The van der Waals surface area contributed by atoms with Crippen LogP contribution in [0.4, 0.5) is 0 Å². The molecule has 42 heavy (non-hydrogen) atoms. The van der Waals surface area contributed by atoms with Gasteiger partial charge in [-0.05, 0) is 65.6 Å². The van der Waals surface area contributed by atoms with Crippen LogP contribution in [0.5, 0.6) is 5.75 Å². The van der Waals surface area contributed by atoms with Gasteiger partial charge in [-0.15, -0.1) is 0 Å². The van der Waals surface area contributed by atoms with Crippen molar-refractivity contribution in [3.8, 4) is 5.75 Å². The smallest absolute Gasteiger partial charge is 0.329 e. The van der Waals surface area contributed by atoms with E-state index in [9.17, 15) is 24.6 Å². The minimum atomic E-state index is -1.26. The second kappa shape index (κ2) is 16.1. The minimum Gasteiger partial charge on any atom is -0.506 e. The number of aromatic nitrogens is 1. The lowest BCUT2D eigenvalue weighted by Crippen LogP contribution is -2.33. The zero-order valence-corrected chi connectivity index (χ0v) is 23.3. The highest BCUT2D eigenvalue weighted by Crippen LogP contribution is 2.30. The summed E-state index contributed by atoms with van der Waals surface area (Å²) in [6.07, 6.45) is 4.45. The van der Waals surface area contributed by atoms with Crippen LogP contribution in [0.15, 0.2) is 53.3 Å². The van der Waals surface area contributed by atoms with Crippen LogP contribution in [0, 0.1) is 0 Å². The van der Waals surface area contributed by atoms with Gasteiger partial charge >= 0.3 is 17.9 Å². The Kier molecular flexibility index (Phi) is 12.9. The van der Waals surface area contributed by atoms with Gasteiger partial charge in [0.25, 0.3) is 0 Å². The van der Waals surface area contributed by atoms with Crippen molar-refractivity contribution in [1.82, 2.24) is 10.3 Å². The highest BCUT2D eigenvalue weighted by atomic mass is 16.4. The minimum absolute atomic E-state index is 0.00584. The monoisotopic (exact) mass is 584 g/mol. The fourth-order valence-corrected chi connectivity index (χ4v) is 4.66. The van der Waals surface area contributed by atoms with Gasteiger partial charge in [0.05, 0.1) is 11.6 Å². The number of aliphatic hydroxyl groups is 2. The van der Waals surface area contributed by atoms with E-state index in [0.717, 1.165) is 25.7 Å². The van der Waals surface area contributed by atoms with Gasteiger partial charge in [0.2, 0.25) is 5.56 Å². The van der Waals surface area contributed by atoms with Gasteiger partial charge in [-0.1, -0.05) is 32.0 Å². The fraction of sp³-hybridized carbons (Fsp3) is 0.333. The number of aromatic amines is 1. The lowest BCUT2D eigenvalue weighted by atomic mass is 9.97. The number of carboxylic acids is 3. The maximum Gasteiger partial charge on any atom is 0.329 e. The number of pyridine rings is 1. The van der Waals surface area contributed by atoms with Gasteiger partial charge in [-0.25, -0.2) is 14.4 Å². The fourth-order valence-electron chi connectivity index (χ4n) is 4.66. The second-order valence-corrected chi connectivity index (χ2v) is 9.47. The highest BCUT2D eigenvalue weighted by molar-refractivity contribution is 5.89. The highest BCUT2D eigenvalue weighted by Gasteiger charge is 2.24. The summed E-state index contributed by atoms with van der Waals surface area (Å²) in [5.74, 6) is -3.70. The number of rotatable bonds is 9. The number of phenolic OH excluding ortho intramolecular Hbond substituents is 1. The first-order valence-electron chi connectivity index (χ1n) is 13.3. The molecule has 0 fully saturated rings. The number of carbonyl (C=O) groups is 3. The van der Waals surface area contributed by atoms with E-state index < -0.39 is 30.6 Å². The number of aromatic hydroxyl groups is 1. The van der Waals surface area contributed by atoms with Crippen LogP contribution in [0.2, 0.25) is 0 Å². The molecule has 0 amide bonds. The molecule has 3 aromatic rings. The first kappa shape index (κ1) is 33.7. The summed E-state index contributed by atoms with van der Waals surface area (Å²) in [6, 6.07) is 11.3. The number of carboxylic acid groups (broad SMARTS) is 3. The predicted octanol–water partition coefficient (Wildman–Crippen LogP) is 1.92. The van der Waals surface area contributed by atoms with Gasteiger partial charge in [0.15, 0.2) is 0 Å². The average Bonchev–Trinajstić information content (AvgIpc) is 3.36. The molecule has 12 nitrogen and oxygen atoms in total. The van der Waals surface area contributed by atoms with Crippen molar-refractivity contribution in [2.24, 2.45) is 0 Å². The number of hydrogen-bond acceptors (Lipinski definition) is 8. The maximum absolute atomic E-state index is 11.6. The molecule has 8 N–H and O–H groups in total. The van der Waals surface area contributed by atoms with E-state index in [1.54, 1.807) is 12.1 Å². The summed E-state index contributed by atoms with van der Waals surface area (Å²) in [5.41, 5.74) is 6.49. The summed E-state index contributed by atoms with van der Waals surface area (Å²) < 4.78 is 0. The van der Waals surface area contributed by atoms with Crippen LogP contribution in [-0.4, -0.2) is 72.7 Å². The Hall–Kier alpha value is -4.52. The van der Waals surface area contributed by atoms with E-state index in [2.05, 4.69) is 36.3 Å². The molecule has 1 aliphatic carbocycles. The first-order valence-corrected chi connectivity index (χ1v) is 13.3. The molecule has 0 saturated carbocycles. The summed E-state index contributed by atoms with van der Waals surface area (Å²) >= 11 is 0. The van der Waals surface area contributed by atoms with E-state index in [1.165, 1.54) is 34.4 Å². The predicted molar refractivity (Wildman–Crippen MR) is 155 cm³/mol. The van der Waals surface area contributed by atoms with Crippen molar-refractivity contribution < 1.29 is 45.0 Å². The number of benzene rings is 2. The number of hydrogen-bond donors (Lipinski definition) is 8. The molecular weight excluding hydrogens is 548 g/mol. The third kappa shape index (κ3) is 9.84. The third-order valence-electron chi connectivity index (χ3n) is 6.59. The van der Waals surface area contributed by atoms with E-state index in [1.807, 2.05) is 0 Å². The average molecular weight is 585 g/mol. The quantitative estimate of drug-likeness (QED) is 0.170. The summed E-state index contributed by atoms with van der Waals surface area (Å²) in [5, 5.41) is 55.6. The maximum atomic E-state index is 11.6. The van der Waals surface area contributed by atoms with Crippen LogP contribution in [0.1, 0.15) is 47.8 Å². The van der Waals surface area contributed by atoms with E-state index in [4.69, 9.17) is 25.2 Å². The number of H-pyrrole nitrogens is 1. The topological polar surface area (TPSA) is 217 Å². The van der Waals surface area contributed by atoms with Crippen molar-refractivity contribution in [2.45, 2.75) is 51.7 Å².